The zero-order valence-electron chi connectivity index (χ0n) is 15.9. The van der Waals surface area contributed by atoms with E-state index in [0.29, 0.717) is 33.1 Å². The van der Waals surface area contributed by atoms with Crippen LogP contribution in [0, 0.1) is 5.82 Å². The zero-order valence-corrected chi connectivity index (χ0v) is 19.1. The Kier molecular flexibility index (Phi) is 6.75. The van der Waals surface area contributed by atoms with E-state index in [1.807, 2.05) is 42.5 Å². The van der Waals surface area contributed by atoms with Gasteiger partial charge in [-0.05, 0) is 93.4 Å². The number of nitrogens with zero attached hydrogens (tertiary/aromatic N) is 1. The number of ether oxygens (including phenoxy) is 1. The van der Waals surface area contributed by atoms with Crippen LogP contribution >= 0.6 is 39.3 Å². The lowest BCUT2D eigenvalue weighted by atomic mass is 10.2. The van der Waals surface area contributed by atoms with Crippen molar-refractivity contribution in [3.8, 4) is 5.75 Å². The number of hydrogen-bond acceptors (Lipinski definition) is 4. The van der Waals surface area contributed by atoms with Gasteiger partial charge in [0.15, 0.2) is 5.17 Å². The molecule has 0 saturated carbocycles. The average molecular weight is 518 g/mol. The lowest BCUT2D eigenvalue weighted by molar-refractivity contribution is -0.115. The van der Waals surface area contributed by atoms with Crippen LogP contribution in [0.3, 0.4) is 0 Å². The molecule has 1 N–H and O–H groups in total. The highest BCUT2D eigenvalue weighted by Gasteiger charge is 2.23. The second kappa shape index (κ2) is 9.68. The second-order valence-corrected chi connectivity index (χ2v) is 8.88. The molecule has 1 saturated heterocycles. The van der Waals surface area contributed by atoms with Crippen molar-refractivity contribution in [3.63, 3.8) is 0 Å². The first kappa shape index (κ1) is 21.6. The van der Waals surface area contributed by atoms with E-state index in [-0.39, 0.29) is 11.7 Å². The Labute approximate surface area is 196 Å². The first-order chi connectivity index (χ1) is 15.0. The number of carbonyl (C=O) groups is 1. The summed E-state index contributed by atoms with van der Waals surface area (Å²) in [4.78, 5) is 17.1. The van der Waals surface area contributed by atoms with E-state index >= 15 is 0 Å². The first-order valence-electron chi connectivity index (χ1n) is 9.18. The van der Waals surface area contributed by atoms with E-state index in [2.05, 4.69) is 26.2 Å². The molecule has 4 rings (SSSR count). The summed E-state index contributed by atoms with van der Waals surface area (Å²) in [5.74, 6) is 0.128. The number of benzene rings is 3. The summed E-state index contributed by atoms with van der Waals surface area (Å²) in [7, 11) is 0. The third kappa shape index (κ3) is 5.76. The van der Waals surface area contributed by atoms with Crippen LogP contribution in [0.1, 0.15) is 11.1 Å². The van der Waals surface area contributed by atoms with Crippen molar-refractivity contribution in [1.29, 1.82) is 0 Å². The molecule has 156 valence electrons. The molecule has 3 aromatic rings. The van der Waals surface area contributed by atoms with Crippen LogP contribution in [0.25, 0.3) is 6.08 Å². The Hall–Kier alpha value is -2.61. The van der Waals surface area contributed by atoms with E-state index in [0.717, 1.165) is 15.6 Å². The SMILES string of the molecule is O=C1NC(=Nc2ccc(F)cc2)S/C1=C/c1ccc(OCc2ccc(Cl)cc2)c(Br)c1. The van der Waals surface area contributed by atoms with Gasteiger partial charge in [0.05, 0.1) is 15.1 Å². The van der Waals surface area contributed by atoms with Gasteiger partial charge >= 0.3 is 0 Å². The fourth-order valence-corrected chi connectivity index (χ4v) is 4.21. The van der Waals surface area contributed by atoms with E-state index in [9.17, 15) is 9.18 Å². The molecular weight excluding hydrogens is 503 g/mol. The molecule has 0 bridgehead atoms. The van der Waals surface area contributed by atoms with E-state index in [1.54, 1.807) is 18.2 Å². The van der Waals surface area contributed by atoms with Crippen LogP contribution in [-0.2, 0) is 11.4 Å². The number of aliphatic imine (C=N–C) groups is 1. The van der Waals surface area contributed by atoms with Crippen molar-refractivity contribution in [2.24, 2.45) is 4.99 Å². The highest BCUT2D eigenvalue weighted by molar-refractivity contribution is 9.10. The van der Waals surface area contributed by atoms with E-state index < -0.39 is 0 Å². The number of rotatable bonds is 5. The summed E-state index contributed by atoms with van der Waals surface area (Å²) < 4.78 is 19.7. The van der Waals surface area contributed by atoms with Gasteiger partial charge in [-0.1, -0.05) is 29.8 Å². The number of nitrogens with one attached hydrogen (secondary N) is 1. The Morgan fingerprint density at radius 1 is 1.10 bits per heavy atom. The Morgan fingerprint density at radius 2 is 1.84 bits per heavy atom. The fourth-order valence-electron chi connectivity index (χ4n) is 2.73. The summed E-state index contributed by atoms with van der Waals surface area (Å²) in [6, 6.07) is 18.8. The quantitative estimate of drug-likeness (QED) is 0.383. The molecule has 3 aromatic carbocycles. The fraction of sp³-hybridized carbons (Fsp3) is 0.0435. The Balaban J connectivity index is 1.44. The second-order valence-electron chi connectivity index (χ2n) is 6.56. The van der Waals surface area contributed by atoms with Crippen molar-refractivity contribution in [2.45, 2.75) is 6.61 Å². The van der Waals surface area contributed by atoms with Gasteiger partial charge in [-0.25, -0.2) is 9.38 Å². The van der Waals surface area contributed by atoms with Gasteiger partial charge in [0.1, 0.15) is 18.2 Å². The van der Waals surface area contributed by atoms with Gasteiger partial charge in [-0.3, -0.25) is 4.79 Å². The number of amidine groups is 1. The monoisotopic (exact) mass is 516 g/mol. The molecule has 0 radical (unpaired) electrons. The topological polar surface area (TPSA) is 50.7 Å². The van der Waals surface area contributed by atoms with Crippen LogP contribution in [0.15, 0.2) is 81.1 Å². The van der Waals surface area contributed by atoms with Crippen molar-refractivity contribution < 1.29 is 13.9 Å². The van der Waals surface area contributed by atoms with Gasteiger partial charge in [-0.2, -0.15) is 0 Å². The van der Waals surface area contributed by atoms with Crippen molar-refractivity contribution in [3.05, 3.63) is 98.1 Å². The normalized spacial score (nSPS) is 16.0. The number of halogens is 3. The molecule has 0 atom stereocenters. The Bertz CT molecular complexity index is 1180. The molecule has 8 heteroatoms. The number of hydrogen-bond donors (Lipinski definition) is 1. The summed E-state index contributed by atoms with van der Waals surface area (Å²) in [6.45, 7) is 0.414. The molecule has 1 fully saturated rings. The Morgan fingerprint density at radius 3 is 2.55 bits per heavy atom. The minimum absolute atomic E-state index is 0.231. The predicted octanol–water partition coefficient (Wildman–Crippen LogP) is 6.71. The molecule has 0 aliphatic carbocycles. The third-order valence-electron chi connectivity index (χ3n) is 4.27. The van der Waals surface area contributed by atoms with E-state index in [1.165, 1.54) is 23.9 Å². The average Bonchev–Trinajstić information content (AvgIpc) is 3.09. The lowest BCUT2D eigenvalue weighted by Crippen LogP contribution is -2.19. The number of amides is 1. The molecule has 0 unspecified atom stereocenters. The van der Waals surface area contributed by atoms with Gasteiger partial charge in [-0.15, -0.1) is 0 Å². The summed E-state index contributed by atoms with van der Waals surface area (Å²) in [5, 5.41) is 3.85. The maximum atomic E-state index is 13.0. The highest BCUT2D eigenvalue weighted by atomic mass is 79.9. The molecule has 4 nitrogen and oxygen atoms in total. The van der Waals surface area contributed by atoms with Gasteiger partial charge in [0.2, 0.25) is 0 Å². The van der Waals surface area contributed by atoms with Crippen LogP contribution in [-0.4, -0.2) is 11.1 Å². The molecule has 1 aliphatic rings. The molecule has 1 amide bonds. The van der Waals surface area contributed by atoms with Crippen LogP contribution in [0.4, 0.5) is 10.1 Å². The predicted molar refractivity (Wildman–Crippen MR) is 127 cm³/mol. The van der Waals surface area contributed by atoms with Crippen LogP contribution in [0.5, 0.6) is 5.75 Å². The first-order valence-corrected chi connectivity index (χ1v) is 11.2. The third-order valence-corrected chi connectivity index (χ3v) is 6.05. The van der Waals surface area contributed by atoms with Crippen LogP contribution < -0.4 is 10.1 Å². The number of carbonyl (C=O) groups excluding carboxylic acids is 1. The van der Waals surface area contributed by atoms with E-state index in [4.69, 9.17) is 16.3 Å². The van der Waals surface area contributed by atoms with Crippen molar-refractivity contribution >= 4 is 62.1 Å². The van der Waals surface area contributed by atoms with Gasteiger partial charge in [0.25, 0.3) is 5.91 Å². The smallest absolute Gasteiger partial charge is 0.264 e. The molecule has 31 heavy (non-hydrogen) atoms. The minimum Gasteiger partial charge on any atom is -0.488 e. The molecule has 0 aromatic heterocycles. The summed E-state index contributed by atoms with van der Waals surface area (Å²) >= 11 is 10.7. The summed E-state index contributed by atoms with van der Waals surface area (Å²) in [5.41, 5.74) is 2.41. The van der Waals surface area contributed by atoms with Crippen molar-refractivity contribution in [2.75, 3.05) is 0 Å². The van der Waals surface area contributed by atoms with Gasteiger partial charge in [0, 0.05) is 5.02 Å². The van der Waals surface area contributed by atoms with Gasteiger partial charge < -0.3 is 10.1 Å². The maximum Gasteiger partial charge on any atom is 0.264 e. The largest absolute Gasteiger partial charge is 0.488 e. The zero-order chi connectivity index (χ0) is 21.8. The van der Waals surface area contributed by atoms with Crippen LogP contribution in [0.2, 0.25) is 5.02 Å². The molecule has 1 aliphatic heterocycles. The highest BCUT2D eigenvalue weighted by Crippen LogP contribution is 2.31. The molecule has 1 heterocycles. The maximum absolute atomic E-state index is 13.0. The molecule has 0 spiro atoms. The number of thioether (sulfide) groups is 1. The lowest BCUT2D eigenvalue weighted by Gasteiger charge is -2.09. The standard InChI is InChI=1S/C23H15BrClFN2O2S/c24-19-11-15(3-10-20(19)30-13-14-1-4-16(25)5-2-14)12-21-22(29)28-23(31-21)27-18-8-6-17(26)7-9-18/h1-12H,13H2,(H,27,28,29)/b21-12+. The van der Waals surface area contributed by atoms with Crippen molar-refractivity contribution in [1.82, 2.24) is 5.32 Å². The summed E-state index contributed by atoms with van der Waals surface area (Å²) in [6.07, 6.45) is 1.78. The molecular formula is C23H15BrClFN2O2S. The minimum atomic E-state index is -0.334.